The van der Waals surface area contributed by atoms with Crippen molar-refractivity contribution in [2.24, 2.45) is 5.92 Å². The maximum atomic E-state index is 12.2. The molecule has 1 aromatic rings. The maximum absolute atomic E-state index is 12.2. The van der Waals surface area contributed by atoms with E-state index in [0.29, 0.717) is 6.54 Å². The van der Waals surface area contributed by atoms with Crippen LogP contribution in [0.2, 0.25) is 0 Å². The first-order valence-electron chi connectivity index (χ1n) is 5.96. The first-order chi connectivity index (χ1) is 8.20. The van der Waals surface area contributed by atoms with E-state index in [0.717, 1.165) is 30.5 Å². The fourth-order valence-corrected chi connectivity index (χ4v) is 2.23. The predicted molar refractivity (Wildman–Crippen MR) is 65.4 cm³/mol. The van der Waals surface area contributed by atoms with E-state index in [1.54, 1.807) is 4.90 Å². The van der Waals surface area contributed by atoms with Gasteiger partial charge in [-0.15, -0.1) is 0 Å². The molecular formula is C14H16N2O. The summed E-state index contributed by atoms with van der Waals surface area (Å²) in [6, 6.07) is 9.87. The summed E-state index contributed by atoms with van der Waals surface area (Å²) in [6.07, 6.45) is 1.84. The van der Waals surface area contributed by atoms with Gasteiger partial charge in [-0.1, -0.05) is 17.7 Å². The van der Waals surface area contributed by atoms with Gasteiger partial charge < -0.3 is 4.90 Å². The minimum atomic E-state index is -0.00231. The van der Waals surface area contributed by atoms with Crippen molar-refractivity contribution in [2.75, 3.05) is 13.1 Å². The first-order valence-corrected chi connectivity index (χ1v) is 5.96. The predicted octanol–water partition coefficient (Wildman–Crippen LogP) is 2.37. The molecule has 1 atom stereocenters. The van der Waals surface area contributed by atoms with E-state index in [-0.39, 0.29) is 11.8 Å². The highest BCUT2D eigenvalue weighted by molar-refractivity contribution is 5.94. The smallest absolute Gasteiger partial charge is 0.253 e. The molecule has 1 amide bonds. The summed E-state index contributed by atoms with van der Waals surface area (Å²) in [4.78, 5) is 14.0. The number of hydrogen-bond acceptors (Lipinski definition) is 2. The second-order valence-electron chi connectivity index (χ2n) is 4.59. The average molecular weight is 228 g/mol. The molecule has 1 fully saturated rings. The van der Waals surface area contributed by atoms with E-state index < -0.39 is 0 Å². The minimum Gasteiger partial charge on any atom is -0.337 e. The number of hydrogen-bond donors (Lipinski definition) is 0. The summed E-state index contributed by atoms with van der Waals surface area (Å²) < 4.78 is 0. The van der Waals surface area contributed by atoms with Crippen molar-refractivity contribution in [3.05, 3.63) is 35.4 Å². The van der Waals surface area contributed by atoms with Gasteiger partial charge in [0, 0.05) is 18.7 Å². The van der Waals surface area contributed by atoms with Crippen LogP contribution in [0.5, 0.6) is 0 Å². The van der Waals surface area contributed by atoms with Gasteiger partial charge in [-0.05, 0) is 31.9 Å². The number of amides is 1. The zero-order valence-electron chi connectivity index (χ0n) is 10.0. The van der Waals surface area contributed by atoms with E-state index in [1.165, 1.54) is 0 Å². The number of piperidine rings is 1. The van der Waals surface area contributed by atoms with Gasteiger partial charge in [0.25, 0.3) is 5.91 Å². The van der Waals surface area contributed by atoms with Crippen LogP contribution in [0.1, 0.15) is 28.8 Å². The Balaban J connectivity index is 2.12. The van der Waals surface area contributed by atoms with Gasteiger partial charge in [-0.3, -0.25) is 4.79 Å². The minimum absolute atomic E-state index is 0.00231. The Morgan fingerprint density at radius 2 is 2.35 bits per heavy atom. The number of nitriles is 1. The van der Waals surface area contributed by atoms with E-state index in [4.69, 9.17) is 5.26 Å². The van der Waals surface area contributed by atoms with Crippen LogP contribution in [-0.2, 0) is 0 Å². The Bertz CT molecular complexity index is 462. The molecule has 3 heteroatoms. The molecule has 0 aliphatic carbocycles. The highest BCUT2D eigenvalue weighted by Crippen LogP contribution is 2.18. The molecular weight excluding hydrogens is 212 g/mol. The molecule has 2 rings (SSSR count). The van der Waals surface area contributed by atoms with Crippen LogP contribution in [0.25, 0.3) is 0 Å². The number of carbonyl (C=O) groups is 1. The Morgan fingerprint density at radius 1 is 1.53 bits per heavy atom. The van der Waals surface area contributed by atoms with Gasteiger partial charge >= 0.3 is 0 Å². The molecule has 1 saturated heterocycles. The summed E-state index contributed by atoms with van der Waals surface area (Å²) >= 11 is 0. The molecule has 1 aliphatic heterocycles. The maximum Gasteiger partial charge on any atom is 0.253 e. The van der Waals surface area contributed by atoms with Gasteiger partial charge in [0.05, 0.1) is 12.0 Å². The molecule has 1 heterocycles. The molecule has 17 heavy (non-hydrogen) atoms. The number of likely N-dealkylation sites (tertiary alicyclic amines) is 1. The Morgan fingerprint density at radius 3 is 3.06 bits per heavy atom. The average Bonchev–Trinajstić information content (AvgIpc) is 2.38. The topological polar surface area (TPSA) is 44.1 Å². The van der Waals surface area contributed by atoms with Crippen LogP contribution in [0.3, 0.4) is 0 Å². The second-order valence-corrected chi connectivity index (χ2v) is 4.59. The van der Waals surface area contributed by atoms with E-state index >= 15 is 0 Å². The van der Waals surface area contributed by atoms with Gasteiger partial charge in [-0.25, -0.2) is 0 Å². The number of nitrogens with zero attached hydrogens (tertiary/aromatic N) is 2. The van der Waals surface area contributed by atoms with Crippen molar-refractivity contribution in [3.8, 4) is 6.07 Å². The van der Waals surface area contributed by atoms with Crippen LogP contribution < -0.4 is 0 Å². The molecule has 0 saturated carbocycles. The number of rotatable bonds is 1. The Labute approximate surface area is 102 Å². The van der Waals surface area contributed by atoms with Gasteiger partial charge in [0.2, 0.25) is 0 Å². The number of benzene rings is 1. The summed E-state index contributed by atoms with van der Waals surface area (Å²) in [5.74, 6) is 0.0474. The molecule has 0 spiro atoms. The number of aryl methyl sites for hydroxylation is 1. The second kappa shape index (κ2) is 5.01. The monoisotopic (exact) mass is 228 g/mol. The fraction of sp³-hybridized carbons (Fsp3) is 0.429. The third-order valence-electron chi connectivity index (χ3n) is 3.16. The van der Waals surface area contributed by atoms with Crippen LogP contribution >= 0.6 is 0 Å². The SMILES string of the molecule is Cc1cccc(C(=O)N2CCCC(C#N)C2)c1. The van der Waals surface area contributed by atoms with Crippen LogP contribution in [0.4, 0.5) is 0 Å². The van der Waals surface area contributed by atoms with Crippen LogP contribution in [0.15, 0.2) is 24.3 Å². The van der Waals surface area contributed by atoms with Crippen molar-refractivity contribution in [3.63, 3.8) is 0 Å². The van der Waals surface area contributed by atoms with Crippen LogP contribution in [0, 0.1) is 24.2 Å². The molecule has 0 N–H and O–H groups in total. The van der Waals surface area contributed by atoms with Crippen molar-refractivity contribution in [1.29, 1.82) is 5.26 Å². The first kappa shape index (κ1) is 11.7. The summed E-state index contributed by atoms with van der Waals surface area (Å²) in [5.41, 5.74) is 1.81. The number of carbonyl (C=O) groups excluding carboxylic acids is 1. The highest BCUT2D eigenvalue weighted by atomic mass is 16.2. The van der Waals surface area contributed by atoms with Gasteiger partial charge in [-0.2, -0.15) is 5.26 Å². The third-order valence-corrected chi connectivity index (χ3v) is 3.16. The summed E-state index contributed by atoms with van der Waals surface area (Å²) in [7, 11) is 0. The van der Waals surface area contributed by atoms with Gasteiger partial charge in [0.15, 0.2) is 0 Å². The third kappa shape index (κ3) is 2.65. The quantitative estimate of drug-likeness (QED) is 0.740. The summed E-state index contributed by atoms with van der Waals surface area (Å²) in [5, 5.41) is 8.92. The van der Waals surface area contributed by atoms with Crippen molar-refractivity contribution >= 4 is 5.91 Å². The lowest BCUT2D eigenvalue weighted by atomic mass is 9.99. The fourth-order valence-electron chi connectivity index (χ4n) is 2.23. The standard InChI is InChI=1S/C14H16N2O/c1-11-4-2-6-13(8-11)14(17)16-7-3-5-12(9-15)10-16/h2,4,6,8,12H,3,5,7,10H2,1H3. The van der Waals surface area contributed by atoms with Gasteiger partial charge in [0.1, 0.15) is 0 Å². The molecule has 1 aromatic carbocycles. The largest absolute Gasteiger partial charge is 0.337 e. The van der Waals surface area contributed by atoms with E-state index in [9.17, 15) is 4.79 Å². The van der Waals surface area contributed by atoms with Crippen molar-refractivity contribution in [2.45, 2.75) is 19.8 Å². The van der Waals surface area contributed by atoms with E-state index in [1.807, 2.05) is 31.2 Å². The lowest BCUT2D eigenvalue weighted by Crippen LogP contribution is -2.39. The molecule has 3 nitrogen and oxygen atoms in total. The molecule has 1 unspecified atom stereocenters. The van der Waals surface area contributed by atoms with E-state index in [2.05, 4.69) is 6.07 Å². The normalized spacial score (nSPS) is 19.8. The highest BCUT2D eigenvalue weighted by Gasteiger charge is 2.24. The van der Waals surface area contributed by atoms with Crippen molar-refractivity contribution < 1.29 is 4.79 Å². The summed E-state index contributed by atoms with van der Waals surface area (Å²) in [6.45, 7) is 3.32. The zero-order valence-corrected chi connectivity index (χ0v) is 10.0. The lowest BCUT2D eigenvalue weighted by molar-refractivity contribution is 0.0698. The van der Waals surface area contributed by atoms with Crippen LogP contribution in [-0.4, -0.2) is 23.9 Å². The Kier molecular flexibility index (Phi) is 3.43. The Hall–Kier alpha value is -1.82. The lowest BCUT2D eigenvalue weighted by Gasteiger charge is -2.29. The molecule has 88 valence electrons. The molecule has 0 bridgehead atoms. The van der Waals surface area contributed by atoms with Crippen molar-refractivity contribution in [1.82, 2.24) is 4.90 Å². The molecule has 0 aromatic heterocycles. The molecule has 1 aliphatic rings. The molecule has 0 radical (unpaired) electrons. The zero-order chi connectivity index (χ0) is 12.3.